The van der Waals surface area contributed by atoms with Gasteiger partial charge in [0.05, 0.1) is 12.2 Å². The molecular formula is C19H29F9N2O5. The number of carboxylic acid groups (broad SMARTS) is 2. The van der Waals surface area contributed by atoms with Crippen LogP contribution < -0.4 is 0 Å². The molecule has 0 saturated carbocycles. The van der Waals surface area contributed by atoms with Gasteiger partial charge in [-0.1, -0.05) is 0 Å². The summed E-state index contributed by atoms with van der Waals surface area (Å²) in [6, 6.07) is 0.567. The molecule has 0 aliphatic carbocycles. The summed E-state index contributed by atoms with van der Waals surface area (Å²) in [7, 11) is 0. The van der Waals surface area contributed by atoms with Crippen LogP contribution in [0.25, 0.3) is 0 Å². The van der Waals surface area contributed by atoms with Crippen LogP contribution in [0.2, 0.25) is 0 Å². The van der Waals surface area contributed by atoms with Gasteiger partial charge in [-0.05, 0) is 52.7 Å². The number of rotatable bonds is 4. The maximum Gasteiger partial charge on any atom is 0.490 e. The first-order valence-corrected chi connectivity index (χ1v) is 10.5. The second kappa shape index (κ2) is 14.1. The number of likely N-dealkylation sites (tertiary alicyclic amines) is 1. The molecule has 208 valence electrons. The number of hydrogen-bond acceptors (Lipinski definition) is 5. The molecule has 0 aromatic heterocycles. The summed E-state index contributed by atoms with van der Waals surface area (Å²) in [6.07, 6.45) is -11.9. The number of halogens is 9. The number of ether oxygens (including phenoxy) is 1. The predicted molar refractivity (Wildman–Crippen MR) is 104 cm³/mol. The van der Waals surface area contributed by atoms with Crippen molar-refractivity contribution in [3.8, 4) is 0 Å². The van der Waals surface area contributed by atoms with Gasteiger partial charge in [-0.25, -0.2) is 9.59 Å². The third-order valence-electron chi connectivity index (χ3n) is 4.94. The van der Waals surface area contributed by atoms with Crippen LogP contribution in [0.3, 0.4) is 0 Å². The molecule has 0 spiro atoms. The van der Waals surface area contributed by atoms with E-state index in [1.54, 1.807) is 0 Å². The molecule has 0 aromatic rings. The van der Waals surface area contributed by atoms with Crippen LogP contribution in [0, 0.1) is 0 Å². The highest BCUT2D eigenvalue weighted by Crippen LogP contribution is 2.24. The Labute approximate surface area is 195 Å². The highest BCUT2D eigenvalue weighted by atomic mass is 19.4. The van der Waals surface area contributed by atoms with Gasteiger partial charge in [0, 0.05) is 25.6 Å². The van der Waals surface area contributed by atoms with Crippen molar-refractivity contribution in [1.82, 2.24) is 9.80 Å². The zero-order valence-electron chi connectivity index (χ0n) is 19.0. The van der Waals surface area contributed by atoms with Gasteiger partial charge < -0.3 is 19.8 Å². The largest absolute Gasteiger partial charge is 0.490 e. The molecule has 16 heteroatoms. The molecule has 35 heavy (non-hydrogen) atoms. The highest BCUT2D eigenvalue weighted by molar-refractivity contribution is 5.73. The van der Waals surface area contributed by atoms with E-state index in [2.05, 4.69) is 23.6 Å². The van der Waals surface area contributed by atoms with Crippen molar-refractivity contribution in [2.75, 3.05) is 32.7 Å². The summed E-state index contributed by atoms with van der Waals surface area (Å²) < 4.78 is 106. The first kappa shape index (κ1) is 33.2. The molecule has 0 radical (unpaired) electrons. The lowest BCUT2D eigenvalue weighted by Gasteiger charge is -2.43. The monoisotopic (exact) mass is 536 g/mol. The quantitative estimate of drug-likeness (QED) is 0.522. The van der Waals surface area contributed by atoms with Gasteiger partial charge in [0.1, 0.15) is 0 Å². The lowest BCUT2D eigenvalue weighted by Crippen LogP contribution is -2.53. The fraction of sp³-hybridized carbons (Fsp3) is 0.895. The highest BCUT2D eigenvalue weighted by Gasteiger charge is 2.39. The van der Waals surface area contributed by atoms with Crippen LogP contribution in [-0.2, 0) is 14.3 Å². The molecule has 2 saturated heterocycles. The zero-order valence-corrected chi connectivity index (χ0v) is 19.0. The van der Waals surface area contributed by atoms with Crippen LogP contribution in [0.15, 0.2) is 0 Å². The summed E-state index contributed by atoms with van der Waals surface area (Å²) in [5, 5.41) is 14.2. The summed E-state index contributed by atoms with van der Waals surface area (Å²) in [6.45, 7) is 8.57. The molecule has 2 rings (SSSR count). The standard InChI is InChI=1S/C15H27F3N2O.2C2HF3O2/c1-12-10-20(11-13(2)21-12)14-4-8-19(9-5-14)7-3-6-15(16,17)18;2*3-2(4,5)1(6)7/h12-14H,3-11H2,1-2H3;2*(H,6,7)/t12-,13+;;. The fourth-order valence-electron chi connectivity index (χ4n) is 3.53. The predicted octanol–water partition coefficient (Wildman–Crippen LogP) is 4.17. The Hall–Kier alpha value is -1.81. The normalized spacial score (nSPS) is 22.9. The molecule has 0 bridgehead atoms. The van der Waals surface area contributed by atoms with Crippen LogP contribution in [0.4, 0.5) is 39.5 Å². The number of nitrogens with zero attached hydrogens (tertiary/aromatic N) is 2. The number of carbonyl (C=O) groups is 2. The second-order valence-electron chi connectivity index (χ2n) is 8.11. The molecule has 0 amide bonds. The van der Waals surface area contributed by atoms with E-state index in [1.165, 1.54) is 0 Å². The van der Waals surface area contributed by atoms with Gasteiger partial charge in [0.25, 0.3) is 0 Å². The first-order valence-electron chi connectivity index (χ1n) is 10.5. The van der Waals surface area contributed by atoms with E-state index in [0.717, 1.165) is 39.0 Å². The third kappa shape index (κ3) is 15.7. The average molecular weight is 536 g/mol. The average Bonchev–Trinajstić information content (AvgIpc) is 2.66. The van der Waals surface area contributed by atoms with Crippen molar-refractivity contribution in [2.24, 2.45) is 0 Å². The van der Waals surface area contributed by atoms with Crippen molar-refractivity contribution in [3.05, 3.63) is 0 Å². The number of morpholine rings is 1. The Morgan fingerprint density at radius 1 is 0.829 bits per heavy atom. The van der Waals surface area contributed by atoms with E-state index in [1.807, 2.05) is 0 Å². The molecule has 2 N–H and O–H groups in total. The van der Waals surface area contributed by atoms with Gasteiger partial charge in [-0.3, -0.25) is 4.90 Å². The molecule has 2 aliphatic heterocycles. The first-order chi connectivity index (χ1) is 15.7. The van der Waals surface area contributed by atoms with Gasteiger partial charge in [-0.2, -0.15) is 39.5 Å². The summed E-state index contributed by atoms with van der Waals surface area (Å²) in [5.74, 6) is -5.51. The minimum atomic E-state index is -5.08. The van der Waals surface area contributed by atoms with Crippen molar-refractivity contribution >= 4 is 11.9 Å². The maximum absolute atomic E-state index is 12.2. The molecule has 2 aliphatic rings. The van der Waals surface area contributed by atoms with Crippen LogP contribution in [0.5, 0.6) is 0 Å². The lowest BCUT2D eigenvalue weighted by atomic mass is 10.0. The second-order valence-corrected chi connectivity index (χ2v) is 8.11. The number of alkyl halides is 9. The molecule has 2 fully saturated rings. The smallest absolute Gasteiger partial charge is 0.475 e. The summed E-state index contributed by atoms with van der Waals surface area (Å²) >= 11 is 0. The van der Waals surface area contributed by atoms with Crippen molar-refractivity contribution in [3.63, 3.8) is 0 Å². The number of carboxylic acids is 2. The number of hydrogen-bond donors (Lipinski definition) is 2. The van der Waals surface area contributed by atoms with Gasteiger partial charge in [-0.15, -0.1) is 0 Å². The Bertz CT molecular complexity index is 614. The minimum Gasteiger partial charge on any atom is -0.475 e. The van der Waals surface area contributed by atoms with Gasteiger partial charge in [0.15, 0.2) is 0 Å². The van der Waals surface area contributed by atoms with Crippen LogP contribution >= 0.6 is 0 Å². The topological polar surface area (TPSA) is 90.3 Å². The van der Waals surface area contributed by atoms with E-state index >= 15 is 0 Å². The van der Waals surface area contributed by atoms with E-state index < -0.39 is 36.9 Å². The summed E-state index contributed by atoms with van der Waals surface area (Å²) in [5.41, 5.74) is 0. The van der Waals surface area contributed by atoms with E-state index in [9.17, 15) is 39.5 Å². The number of aliphatic carboxylic acids is 2. The van der Waals surface area contributed by atoms with E-state index in [0.29, 0.717) is 12.6 Å². The maximum atomic E-state index is 12.2. The minimum absolute atomic E-state index is 0.222. The molecule has 0 unspecified atom stereocenters. The molecule has 7 nitrogen and oxygen atoms in total. The van der Waals surface area contributed by atoms with Crippen molar-refractivity contribution in [1.29, 1.82) is 0 Å². The third-order valence-corrected chi connectivity index (χ3v) is 4.94. The van der Waals surface area contributed by atoms with Crippen LogP contribution in [0.1, 0.15) is 39.5 Å². The molecule has 2 heterocycles. The lowest BCUT2D eigenvalue weighted by molar-refractivity contribution is -0.193. The van der Waals surface area contributed by atoms with E-state index in [-0.39, 0.29) is 18.6 Å². The Balaban J connectivity index is 0.000000680. The van der Waals surface area contributed by atoms with Crippen molar-refractivity contribution < 1.29 is 64.1 Å². The van der Waals surface area contributed by atoms with Gasteiger partial charge >= 0.3 is 30.5 Å². The van der Waals surface area contributed by atoms with E-state index in [4.69, 9.17) is 24.5 Å². The molecule has 0 aromatic carbocycles. The fourth-order valence-corrected chi connectivity index (χ4v) is 3.53. The molecule has 2 atom stereocenters. The zero-order chi connectivity index (χ0) is 27.6. The summed E-state index contributed by atoms with van der Waals surface area (Å²) in [4.78, 5) is 22.5. The SMILES string of the molecule is C[C@@H]1CN(C2CCN(CCCC(F)(F)F)CC2)C[C@H](C)O1.O=C(O)C(F)(F)F.O=C(O)C(F)(F)F. The Kier molecular flexibility index (Phi) is 13.3. The Morgan fingerprint density at radius 2 is 1.20 bits per heavy atom. The van der Waals surface area contributed by atoms with Crippen LogP contribution in [-0.4, -0.2) is 101 Å². The molecular weight excluding hydrogens is 507 g/mol. The number of piperidine rings is 1. The Morgan fingerprint density at radius 3 is 1.51 bits per heavy atom. The van der Waals surface area contributed by atoms with Gasteiger partial charge in [0.2, 0.25) is 0 Å². The van der Waals surface area contributed by atoms with Crippen molar-refractivity contribution in [2.45, 2.75) is 76.3 Å².